The zero-order valence-electron chi connectivity index (χ0n) is 11.6. The maximum atomic E-state index is 4.51. The van der Waals surface area contributed by atoms with Crippen LogP contribution in [0.25, 0.3) is 0 Å². The second-order valence-electron chi connectivity index (χ2n) is 5.80. The lowest BCUT2D eigenvalue weighted by Crippen LogP contribution is -2.35. The average molecular weight is 265 g/mol. The van der Waals surface area contributed by atoms with E-state index < -0.39 is 0 Å². The Morgan fingerprint density at radius 2 is 2.10 bits per heavy atom. The minimum absolute atomic E-state index is 0.384. The molecule has 2 aromatic rings. The van der Waals surface area contributed by atoms with Gasteiger partial charge in [-0.3, -0.25) is 4.90 Å². The number of rotatable bonds is 3. The molecule has 0 amide bonds. The Hall–Kier alpha value is -1.87. The van der Waals surface area contributed by atoms with Crippen LogP contribution in [0.2, 0.25) is 0 Å². The summed E-state index contributed by atoms with van der Waals surface area (Å²) in [5.41, 5.74) is 1.38. The number of hydrogen-bond acceptors (Lipinski definition) is 2. The number of imidazole rings is 1. The van der Waals surface area contributed by atoms with Crippen molar-refractivity contribution < 1.29 is 0 Å². The van der Waals surface area contributed by atoms with E-state index in [1.165, 1.54) is 12.0 Å². The van der Waals surface area contributed by atoms with E-state index in [9.17, 15) is 0 Å². The van der Waals surface area contributed by atoms with Crippen molar-refractivity contribution in [1.29, 1.82) is 0 Å². The molecule has 1 fully saturated rings. The van der Waals surface area contributed by atoms with Crippen LogP contribution in [0.1, 0.15) is 36.8 Å². The number of aromatic nitrogens is 2. The molecule has 0 radical (unpaired) electrons. The standard InChI is InChI=1S/C17H19N3/c1-12(13-5-3-2-4-6-13)20-15-8-7-14(11-15)16(20)17-18-9-10-19-17/h2-10,12,14-16H,11H2,1H3,(H,18,19)/t12-,14-,15+,16+/m0/s1. The van der Waals surface area contributed by atoms with E-state index in [0.29, 0.717) is 24.0 Å². The van der Waals surface area contributed by atoms with Gasteiger partial charge >= 0.3 is 0 Å². The van der Waals surface area contributed by atoms with E-state index in [0.717, 1.165) is 5.82 Å². The van der Waals surface area contributed by atoms with Gasteiger partial charge in [-0.2, -0.15) is 0 Å². The van der Waals surface area contributed by atoms with Crippen molar-refractivity contribution in [2.24, 2.45) is 5.92 Å². The first-order valence-electron chi connectivity index (χ1n) is 7.34. The van der Waals surface area contributed by atoms with Crippen LogP contribution in [0.5, 0.6) is 0 Å². The zero-order chi connectivity index (χ0) is 13.5. The van der Waals surface area contributed by atoms with E-state index in [4.69, 9.17) is 0 Å². The van der Waals surface area contributed by atoms with Crippen molar-refractivity contribution in [2.45, 2.75) is 31.5 Å². The Morgan fingerprint density at radius 1 is 1.25 bits per heavy atom. The van der Waals surface area contributed by atoms with Crippen LogP contribution in [0, 0.1) is 5.92 Å². The third kappa shape index (κ3) is 1.74. The zero-order valence-corrected chi connectivity index (χ0v) is 11.6. The largest absolute Gasteiger partial charge is 0.347 e. The Bertz CT molecular complexity index is 602. The van der Waals surface area contributed by atoms with Gasteiger partial charge in [-0.25, -0.2) is 4.98 Å². The Kier molecular flexibility index (Phi) is 2.74. The monoisotopic (exact) mass is 265 g/mol. The lowest BCUT2D eigenvalue weighted by Gasteiger charge is -2.36. The number of hydrogen-bond donors (Lipinski definition) is 1. The van der Waals surface area contributed by atoms with Crippen molar-refractivity contribution in [2.75, 3.05) is 0 Å². The maximum Gasteiger partial charge on any atom is 0.124 e. The lowest BCUT2D eigenvalue weighted by atomic mass is 9.98. The molecule has 0 saturated carbocycles. The van der Waals surface area contributed by atoms with Gasteiger partial charge in [0.2, 0.25) is 0 Å². The molecule has 1 N–H and O–H groups in total. The summed E-state index contributed by atoms with van der Waals surface area (Å²) < 4.78 is 0. The molecule has 2 aliphatic rings. The topological polar surface area (TPSA) is 31.9 Å². The Balaban J connectivity index is 1.71. The average Bonchev–Trinajstić information content (AvgIpc) is 3.22. The minimum Gasteiger partial charge on any atom is -0.347 e. The number of benzene rings is 1. The number of nitrogens with one attached hydrogen (secondary N) is 1. The van der Waals surface area contributed by atoms with Crippen molar-refractivity contribution in [3.05, 3.63) is 66.3 Å². The summed E-state index contributed by atoms with van der Waals surface area (Å²) in [6.45, 7) is 2.31. The third-order valence-electron chi connectivity index (χ3n) is 4.73. The fraction of sp³-hybridized carbons (Fsp3) is 0.353. The van der Waals surface area contributed by atoms with Crippen LogP contribution in [0.15, 0.2) is 54.9 Å². The van der Waals surface area contributed by atoms with Crippen LogP contribution >= 0.6 is 0 Å². The molecule has 1 aliphatic carbocycles. The number of aromatic amines is 1. The molecule has 1 aromatic heterocycles. The van der Waals surface area contributed by atoms with E-state index in [1.54, 1.807) is 0 Å². The van der Waals surface area contributed by atoms with Crippen molar-refractivity contribution in [3.8, 4) is 0 Å². The van der Waals surface area contributed by atoms with Crippen molar-refractivity contribution in [1.82, 2.24) is 14.9 Å². The molecule has 1 saturated heterocycles. The first-order chi connectivity index (χ1) is 9.84. The van der Waals surface area contributed by atoms with Crippen LogP contribution in [-0.2, 0) is 0 Å². The molecule has 4 atom stereocenters. The summed E-state index contributed by atoms with van der Waals surface area (Å²) in [5.74, 6) is 1.70. The predicted molar refractivity (Wildman–Crippen MR) is 79.1 cm³/mol. The molecule has 3 nitrogen and oxygen atoms in total. The van der Waals surface area contributed by atoms with Gasteiger partial charge in [-0.15, -0.1) is 0 Å². The smallest absolute Gasteiger partial charge is 0.124 e. The third-order valence-corrected chi connectivity index (χ3v) is 4.73. The number of nitrogens with zero attached hydrogens (tertiary/aromatic N) is 2. The number of fused-ring (bicyclic) bond motifs is 2. The van der Waals surface area contributed by atoms with E-state index >= 15 is 0 Å². The van der Waals surface area contributed by atoms with E-state index in [1.807, 2.05) is 12.4 Å². The van der Waals surface area contributed by atoms with Crippen LogP contribution in [0.3, 0.4) is 0 Å². The highest BCUT2D eigenvalue weighted by Crippen LogP contribution is 2.49. The van der Waals surface area contributed by atoms with Crippen LogP contribution in [0.4, 0.5) is 0 Å². The number of likely N-dealkylation sites (tertiary alicyclic amines) is 1. The molecule has 2 heterocycles. The van der Waals surface area contributed by atoms with E-state index in [2.05, 4.69) is 64.3 Å². The quantitative estimate of drug-likeness (QED) is 0.862. The van der Waals surface area contributed by atoms with Crippen molar-refractivity contribution >= 4 is 0 Å². The molecule has 4 rings (SSSR count). The minimum atomic E-state index is 0.384. The molecule has 3 heteroatoms. The summed E-state index contributed by atoms with van der Waals surface area (Å²) in [6.07, 6.45) is 9.74. The molecule has 2 bridgehead atoms. The summed E-state index contributed by atoms with van der Waals surface area (Å²) in [6, 6.07) is 12.1. The highest BCUT2D eigenvalue weighted by molar-refractivity contribution is 5.26. The molecular formula is C17H19N3. The normalized spacial score (nSPS) is 29.9. The fourth-order valence-electron chi connectivity index (χ4n) is 3.80. The van der Waals surface area contributed by atoms with Gasteiger partial charge in [0.15, 0.2) is 0 Å². The van der Waals surface area contributed by atoms with Gasteiger partial charge in [0, 0.05) is 30.4 Å². The molecule has 0 unspecified atom stereocenters. The van der Waals surface area contributed by atoms with Crippen molar-refractivity contribution in [3.63, 3.8) is 0 Å². The highest BCUT2D eigenvalue weighted by Gasteiger charge is 2.46. The predicted octanol–water partition coefficient (Wildman–Crippen LogP) is 3.47. The number of H-pyrrole nitrogens is 1. The van der Waals surface area contributed by atoms with Gasteiger partial charge in [0.25, 0.3) is 0 Å². The first-order valence-corrected chi connectivity index (χ1v) is 7.34. The molecule has 20 heavy (non-hydrogen) atoms. The van der Waals surface area contributed by atoms with Gasteiger partial charge in [-0.05, 0) is 18.9 Å². The summed E-state index contributed by atoms with van der Waals surface area (Å²) in [7, 11) is 0. The van der Waals surface area contributed by atoms with E-state index in [-0.39, 0.29) is 0 Å². The lowest BCUT2D eigenvalue weighted by molar-refractivity contribution is 0.140. The SMILES string of the molecule is C[C@@H](c1ccccc1)N1[C@@H]2C=C[C@@H](C2)[C@@H]1c1ncc[nH]1. The second kappa shape index (κ2) is 4.60. The second-order valence-corrected chi connectivity index (χ2v) is 5.80. The molecular weight excluding hydrogens is 246 g/mol. The summed E-state index contributed by atoms with van der Waals surface area (Å²) in [5, 5.41) is 0. The fourth-order valence-corrected chi connectivity index (χ4v) is 3.80. The van der Waals surface area contributed by atoms with Crippen LogP contribution < -0.4 is 0 Å². The van der Waals surface area contributed by atoms with Gasteiger partial charge in [0.1, 0.15) is 5.82 Å². The Labute approximate surface area is 119 Å². The Morgan fingerprint density at radius 3 is 2.85 bits per heavy atom. The molecule has 1 aliphatic heterocycles. The molecule has 102 valence electrons. The molecule has 0 spiro atoms. The van der Waals surface area contributed by atoms with Crippen LogP contribution in [-0.4, -0.2) is 20.9 Å². The molecule has 1 aromatic carbocycles. The van der Waals surface area contributed by atoms with Gasteiger partial charge < -0.3 is 4.98 Å². The van der Waals surface area contributed by atoms with Gasteiger partial charge in [-0.1, -0.05) is 42.5 Å². The van der Waals surface area contributed by atoms with Gasteiger partial charge in [0.05, 0.1) is 6.04 Å². The summed E-state index contributed by atoms with van der Waals surface area (Å²) in [4.78, 5) is 10.4. The maximum absolute atomic E-state index is 4.51. The highest BCUT2D eigenvalue weighted by atomic mass is 15.3. The first kappa shape index (κ1) is 11.9. The summed E-state index contributed by atoms with van der Waals surface area (Å²) >= 11 is 0.